The Morgan fingerprint density at radius 1 is 1.13 bits per heavy atom. The van der Waals surface area contributed by atoms with Gasteiger partial charge in [-0.1, -0.05) is 30.3 Å². The van der Waals surface area contributed by atoms with E-state index in [2.05, 4.69) is 20.2 Å². The van der Waals surface area contributed by atoms with Gasteiger partial charge in [-0.05, 0) is 6.07 Å². The second-order valence-electron chi connectivity index (χ2n) is 4.36. The Balaban J connectivity index is 2.29. The monoisotopic (exact) mass is 322 g/mol. The summed E-state index contributed by atoms with van der Waals surface area (Å²) in [5, 5.41) is 12.2. The average molecular weight is 322 g/mol. The third-order valence-corrected chi connectivity index (χ3v) is 2.75. The summed E-state index contributed by atoms with van der Waals surface area (Å²) in [5.41, 5.74) is 3.96. The van der Waals surface area contributed by atoms with Crippen LogP contribution in [0.4, 0.5) is 13.2 Å². The van der Waals surface area contributed by atoms with Crippen molar-refractivity contribution in [2.75, 3.05) is 7.05 Å². The SMILES string of the molecule is CN/N=C(\C(=N)c1ccccc1)c1ccc(OC(F)(F)F)nc1. The number of nitrogens with zero attached hydrogens (tertiary/aromatic N) is 2. The number of alkyl halides is 3. The van der Waals surface area contributed by atoms with E-state index >= 15 is 0 Å². The molecular formula is C15H13F3N4O. The summed E-state index contributed by atoms with van der Waals surface area (Å²) >= 11 is 0. The number of nitrogens with one attached hydrogen (secondary N) is 2. The number of hydrogen-bond donors (Lipinski definition) is 2. The molecule has 2 N–H and O–H groups in total. The first-order chi connectivity index (χ1) is 10.9. The third kappa shape index (κ3) is 4.53. The Hall–Kier alpha value is -2.90. The lowest BCUT2D eigenvalue weighted by atomic mass is 10.0. The van der Waals surface area contributed by atoms with E-state index in [-0.39, 0.29) is 11.4 Å². The number of benzene rings is 1. The fraction of sp³-hybridized carbons (Fsp3) is 0.133. The lowest BCUT2D eigenvalue weighted by Crippen LogP contribution is -2.20. The molecule has 2 rings (SSSR count). The maximum absolute atomic E-state index is 12.1. The largest absolute Gasteiger partial charge is 0.574 e. The highest BCUT2D eigenvalue weighted by Crippen LogP contribution is 2.21. The number of pyridine rings is 1. The van der Waals surface area contributed by atoms with E-state index in [1.165, 1.54) is 12.3 Å². The van der Waals surface area contributed by atoms with Crippen molar-refractivity contribution in [3.63, 3.8) is 0 Å². The molecule has 1 aromatic heterocycles. The number of hydrogen-bond acceptors (Lipinski definition) is 5. The molecule has 0 bridgehead atoms. The average Bonchev–Trinajstić information content (AvgIpc) is 2.52. The topological polar surface area (TPSA) is 70.4 Å². The molecule has 5 nitrogen and oxygen atoms in total. The first-order valence-electron chi connectivity index (χ1n) is 6.51. The van der Waals surface area contributed by atoms with Crippen LogP contribution in [0.5, 0.6) is 5.88 Å². The molecule has 0 amide bonds. The van der Waals surface area contributed by atoms with E-state index in [0.29, 0.717) is 11.1 Å². The molecular weight excluding hydrogens is 309 g/mol. The predicted molar refractivity (Wildman–Crippen MR) is 79.8 cm³/mol. The number of ether oxygens (including phenoxy) is 1. The van der Waals surface area contributed by atoms with Crippen LogP contribution in [-0.2, 0) is 0 Å². The standard InChI is InChI=1S/C15H13F3N4O/c1-20-22-14(13(19)10-5-3-2-4-6-10)11-7-8-12(21-9-11)23-15(16,17)18/h2-9,19-20H,1H3/b19-13?,22-14-. The van der Waals surface area contributed by atoms with E-state index in [1.54, 1.807) is 31.3 Å². The molecule has 0 spiro atoms. The Morgan fingerprint density at radius 2 is 1.83 bits per heavy atom. The number of halogens is 3. The van der Waals surface area contributed by atoms with Gasteiger partial charge < -0.3 is 10.2 Å². The summed E-state index contributed by atoms with van der Waals surface area (Å²) in [4.78, 5) is 3.60. The van der Waals surface area contributed by atoms with E-state index in [1.807, 2.05) is 6.07 Å². The molecule has 23 heavy (non-hydrogen) atoms. The molecule has 0 radical (unpaired) electrons. The Kier molecular flexibility index (Phi) is 4.95. The summed E-state index contributed by atoms with van der Waals surface area (Å²) in [6.07, 6.45) is -3.62. The van der Waals surface area contributed by atoms with Crippen molar-refractivity contribution in [1.29, 1.82) is 5.41 Å². The van der Waals surface area contributed by atoms with Gasteiger partial charge in [0.1, 0.15) is 5.71 Å². The summed E-state index contributed by atoms with van der Waals surface area (Å²) < 4.78 is 40.1. The van der Waals surface area contributed by atoms with Crippen LogP contribution in [0.3, 0.4) is 0 Å². The second-order valence-corrected chi connectivity index (χ2v) is 4.36. The molecule has 120 valence electrons. The van der Waals surface area contributed by atoms with Gasteiger partial charge in [-0.15, -0.1) is 13.2 Å². The second kappa shape index (κ2) is 6.91. The lowest BCUT2D eigenvalue weighted by molar-refractivity contribution is -0.276. The van der Waals surface area contributed by atoms with Crippen molar-refractivity contribution >= 4 is 11.4 Å². The zero-order valence-corrected chi connectivity index (χ0v) is 12.1. The van der Waals surface area contributed by atoms with Gasteiger partial charge in [0.05, 0.1) is 5.71 Å². The van der Waals surface area contributed by atoms with Crippen LogP contribution in [0.15, 0.2) is 53.8 Å². The number of hydrazone groups is 1. The maximum Gasteiger partial charge on any atom is 0.574 e. The van der Waals surface area contributed by atoms with Crippen LogP contribution >= 0.6 is 0 Å². The molecule has 0 saturated heterocycles. The Bertz CT molecular complexity index is 697. The quantitative estimate of drug-likeness (QED) is 0.657. The zero-order chi connectivity index (χ0) is 16.9. The summed E-state index contributed by atoms with van der Waals surface area (Å²) in [6.45, 7) is 0. The molecule has 1 aromatic carbocycles. The minimum Gasteiger partial charge on any atom is -0.388 e. The van der Waals surface area contributed by atoms with Gasteiger partial charge in [-0.25, -0.2) is 4.98 Å². The lowest BCUT2D eigenvalue weighted by Gasteiger charge is -2.10. The van der Waals surface area contributed by atoms with Crippen LogP contribution in [0.1, 0.15) is 11.1 Å². The van der Waals surface area contributed by atoms with Gasteiger partial charge in [-0.3, -0.25) is 5.41 Å². The minimum absolute atomic E-state index is 0.117. The van der Waals surface area contributed by atoms with Gasteiger partial charge >= 0.3 is 6.36 Å². The van der Waals surface area contributed by atoms with Gasteiger partial charge in [0.15, 0.2) is 0 Å². The molecule has 0 atom stereocenters. The third-order valence-electron chi connectivity index (χ3n) is 2.75. The van der Waals surface area contributed by atoms with Crippen LogP contribution in [0, 0.1) is 5.41 Å². The van der Waals surface area contributed by atoms with E-state index < -0.39 is 12.2 Å². The number of rotatable bonds is 5. The maximum atomic E-state index is 12.1. The van der Waals surface area contributed by atoms with Crippen molar-refractivity contribution in [3.05, 3.63) is 59.8 Å². The molecule has 8 heteroatoms. The normalized spacial score (nSPS) is 11.9. The fourth-order valence-corrected chi connectivity index (χ4v) is 1.82. The van der Waals surface area contributed by atoms with Crippen molar-refractivity contribution < 1.29 is 17.9 Å². The highest BCUT2D eigenvalue weighted by molar-refractivity contribution is 6.52. The first-order valence-corrected chi connectivity index (χ1v) is 6.51. The smallest absolute Gasteiger partial charge is 0.388 e. The number of aromatic nitrogens is 1. The molecule has 0 aliphatic heterocycles. The molecule has 0 aliphatic carbocycles. The van der Waals surface area contributed by atoms with Crippen molar-refractivity contribution in [3.8, 4) is 5.88 Å². The van der Waals surface area contributed by atoms with Gasteiger partial charge in [0.2, 0.25) is 5.88 Å². The van der Waals surface area contributed by atoms with E-state index in [0.717, 1.165) is 6.07 Å². The van der Waals surface area contributed by atoms with Crippen LogP contribution in [-0.4, -0.2) is 29.8 Å². The van der Waals surface area contributed by atoms with Gasteiger partial charge in [-0.2, -0.15) is 5.10 Å². The highest BCUT2D eigenvalue weighted by atomic mass is 19.4. The zero-order valence-electron chi connectivity index (χ0n) is 12.1. The molecule has 0 fully saturated rings. The van der Waals surface area contributed by atoms with E-state index in [4.69, 9.17) is 5.41 Å². The fourth-order valence-electron chi connectivity index (χ4n) is 1.82. The first kappa shape index (κ1) is 16.5. The van der Waals surface area contributed by atoms with Crippen LogP contribution in [0.25, 0.3) is 0 Å². The molecule has 0 unspecified atom stereocenters. The summed E-state index contributed by atoms with van der Waals surface area (Å²) in [6, 6.07) is 11.3. The summed E-state index contributed by atoms with van der Waals surface area (Å²) in [5.74, 6) is -0.573. The van der Waals surface area contributed by atoms with Crippen LogP contribution in [0.2, 0.25) is 0 Å². The van der Waals surface area contributed by atoms with Crippen molar-refractivity contribution in [2.24, 2.45) is 5.10 Å². The minimum atomic E-state index is -4.80. The Morgan fingerprint density at radius 3 is 2.35 bits per heavy atom. The van der Waals surface area contributed by atoms with Crippen molar-refractivity contribution in [2.45, 2.75) is 6.36 Å². The van der Waals surface area contributed by atoms with Crippen LogP contribution < -0.4 is 10.2 Å². The van der Waals surface area contributed by atoms with Gasteiger partial charge in [0.25, 0.3) is 0 Å². The Labute approximate surface area is 130 Å². The molecule has 1 heterocycles. The highest BCUT2D eigenvalue weighted by Gasteiger charge is 2.31. The van der Waals surface area contributed by atoms with E-state index in [9.17, 15) is 13.2 Å². The predicted octanol–water partition coefficient (Wildman–Crippen LogP) is 2.97. The summed E-state index contributed by atoms with van der Waals surface area (Å²) in [7, 11) is 1.56. The van der Waals surface area contributed by atoms with Crippen molar-refractivity contribution in [1.82, 2.24) is 10.4 Å². The molecule has 0 saturated carbocycles. The molecule has 0 aliphatic rings. The molecule has 2 aromatic rings. The van der Waals surface area contributed by atoms with Gasteiger partial charge in [0, 0.05) is 30.4 Å².